The first-order valence-electron chi connectivity index (χ1n) is 6.75. The predicted octanol–water partition coefficient (Wildman–Crippen LogP) is 2.63. The van der Waals surface area contributed by atoms with Crippen molar-refractivity contribution in [1.82, 2.24) is 5.32 Å². The third-order valence-corrected chi connectivity index (χ3v) is 3.90. The minimum Gasteiger partial charge on any atom is -0.325 e. The number of hydrogen-bond acceptors (Lipinski definition) is 2. The molecule has 1 aliphatic heterocycles. The number of carbonyl (C=O) groups is 1. The average molecular weight is 254 g/mol. The molecule has 2 aromatic carbocycles. The van der Waals surface area contributed by atoms with Gasteiger partial charge in [0.2, 0.25) is 5.91 Å². The van der Waals surface area contributed by atoms with Gasteiger partial charge in [0.05, 0.1) is 5.92 Å². The Balaban J connectivity index is 1.87. The Morgan fingerprint density at radius 3 is 2.74 bits per heavy atom. The molecule has 0 saturated carbocycles. The Bertz CT molecular complexity index is 603. The monoisotopic (exact) mass is 254 g/mol. The van der Waals surface area contributed by atoms with Crippen molar-refractivity contribution in [2.24, 2.45) is 11.8 Å². The van der Waals surface area contributed by atoms with Crippen molar-refractivity contribution < 1.29 is 4.79 Å². The number of fused-ring (bicyclic) bond motifs is 1. The summed E-state index contributed by atoms with van der Waals surface area (Å²) in [6, 6.07) is 14.1. The highest BCUT2D eigenvalue weighted by Crippen LogP contribution is 2.25. The molecule has 19 heavy (non-hydrogen) atoms. The molecule has 1 heterocycles. The second kappa shape index (κ2) is 5.02. The van der Waals surface area contributed by atoms with Gasteiger partial charge in [-0.2, -0.15) is 0 Å². The Labute approximate surface area is 113 Å². The van der Waals surface area contributed by atoms with E-state index in [9.17, 15) is 4.79 Å². The van der Waals surface area contributed by atoms with Gasteiger partial charge in [0.25, 0.3) is 0 Å². The quantitative estimate of drug-likeness (QED) is 0.865. The van der Waals surface area contributed by atoms with Crippen LogP contribution in [0.25, 0.3) is 10.8 Å². The molecule has 1 saturated heterocycles. The molecular formula is C16H18N2O. The first kappa shape index (κ1) is 12.2. The van der Waals surface area contributed by atoms with E-state index < -0.39 is 0 Å². The molecule has 0 bridgehead atoms. The number of nitrogens with one attached hydrogen (secondary N) is 2. The summed E-state index contributed by atoms with van der Waals surface area (Å²) in [6.07, 6.45) is 0. The zero-order valence-corrected chi connectivity index (χ0v) is 11.0. The summed E-state index contributed by atoms with van der Waals surface area (Å²) in [5.74, 6) is 0.586. The van der Waals surface area contributed by atoms with E-state index in [4.69, 9.17) is 0 Å². The van der Waals surface area contributed by atoms with E-state index in [1.807, 2.05) is 30.3 Å². The second-order valence-electron chi connectivity index (χ2n) is 5.26. The molecule has 0 radical (unpaired) electrons. The maximum Gasteiger partial charge on any atom is 0.229 e. The molecule has 1 amide bonds. The van der Waals surface area contributed by atoms with Crippen LogP contribution in [0.2, 0.25) is 0 Å². The topological polar surface area (TPSA) is 41.1 Å². The number of anilines is 1. The minimum atomic E-state index is 0.0685. The summed E-state index contributed by atoms with van der Waals surface area (Å²) in [6.45, 7) is 3.82. The van der Waals surface area contributed by atoms with Gasteiger partial charge in [-0.25, -0.2) is 0 Å². The van der Waals surface area contributed by atoms with Crippen LogP contribution in [0, 0.1) is 11.8 Å². The lowest BCUT2D eigenvalue weighted by Crippen LogP contribution is -2.27. The first-order valence-corrected chi connectivity index (χ1v) is 6.75. The normalized spacial score (nSPS) is 22.6. The van der Waals surface area contributed by atoms with Crippen molar-refractivity contribution in [2.75, 3.05) is 18.4 Å². The summed E-state index contributed by atoms with van der Waals surface area (Å²) in [4.78, 5) is 12.3. The Kier molecular flexibility index (Phi) is 3.22. The van der Waals surface area contributed by atoms with Crippen LogP contribution < -0.4 is 10.6 Å². The number of rotatable bonds is 2. The van der Waals surface area contributed by atoms with Crippen LogP contribution in [0.4, 0.5) is 5.69 Å². The van der Waals surface area contributed by atoms with E-state index in [2.05, 4.69) is 29.7 Å². The van der Waals surface area contributed by atoms with Crippen LogP contribution in [0.5, 0.6) is 0 Å². The highest BCUT2D eigenvalue weighted by Gasteiger charge is 2.29. The number of benzene rings is 2. The Morgan fingerprint density at radius 2 is 1.95 bits per heavy atom. The Hall–Kier alpha value is -1.87. The molecule has 3 heteroatoms. The summed E-state index contributed by atoms with van der Waals surface area (Å²) in [5.41, 5.74) is 0.905. The molecular weight excluding hydrogens is 236 g/mol. The molecule has 1 fully saturated rings. The van der Waals surface area contributed by atoms with Crippen molar-refractivity contribution in [3.8, 4) is 0 Å². The molecule has 3 nitrogen and oxygen atoms in total. The van der Waals surface area contributed by atoms with Crippen molar-refractivity contribution in [2.45, 2.75) is 6.92 Å². The minimum absolute atomic E-state index is 0.0685. The third kappa shape index (κ3) is 2.34. The van der Waals surface area contributed by atoms with Crippen LogP contribution in [0.15, 0.2) is 42.5 Å². The van der Waals surface area contributed by atoms with Crippen LogP contribution in [0.3, 0.4) is 0 Å². The van der Waals surface area contributed by atoms with E-state index in [0.717, 1.165) is 29.5 Å². The lowest BCUT2D eigenvalue weighted by atomic mass is 9.97. The van der Waals surface area contributed by atoms with Gasteiger partial charge in [0.15, 0.2) is 0 Å². The maximum atomic E-state index is 12.3. The standard InChI is InChI=1S/C16H18N2O/c1-11-9-17-10-14(11)16(19)18-15-8-4-6-12-5-2-3-7-13(12)15/h2-8,11,14,17H,9-10H2,1H3,(H,18,19). The molecule has 98 valence electrons. The summed E-state index contributed by atoms with van der Waals surface area (Å²) < 4.78 is 0. The third-order valence-electron chi connectivity index (χ3n) is 3.90. The van der Waals surface area contributed by atoms with E-state index in [1.54, 1.807) is 0 Å². The van der Waals surface area contributed by atoms with Crippen LogP contribution >= 0.6 is 0 Å². The highest BCUT2D eigenvalue weighted by atomic mass is 16.1. The summed E-state index contributed by atoms with van der Waals surface area (Å²) in [7, 11) is 0. The van der Waals surface area contributed by atoms with Crippen molar-refractivity contribution >= 4 is 22.4 Å². The van der Waals surface area contributed by atoms with E-state index in [1.165, 1.54) is 0 Å². The average Bonchev–Trinajstić information content (AvgIpc) is 2.85. The molecule has 0 spiro atoms. The van der Waals surface area contributed by atoms with Gasteiger partial charge in [0, 0.05) is 17.6 Å². The molecule has 2 N–H and O–H groups in total. The first-order chi connectivity index (χ1) is 9.25. The Morgan fingerprint density at radius 1 is 1.16 bits per heavy atom. The fourth-order valence-electron chi connectivity index (χ4n) is 2.72. The number of amides is 1. The number of carbonyl (C=O) groups excluding carboxylic acids is 1. The van der Waals surface area contributed by atoms with Crippen LogP contribution in [-0.4, -0.2) is 19.0 Å². The van der Waals surface area contributed by atoms with E-state index in [-0.39, 0.29) is 11.8 Å². The van der Waals surface area contributed by atoms with Gasteiger partial charge in [-0.1, -0.05) is 43.3 Å². The van der Waals surface area contributed by atoms with Crippen molar-refractivity contribution in [3.63, 3.8) is 0 Å². The second-order valence-corrected chi connectivity index (χ2v) is 5.26. The van der Waals surface area contributed by atoms with Crippen molar-refractivity contribution in [3.05, 3.63) is 42.5 Å². The SMILES string of the molecule is CC1CNCC1C(=O)Nc1cccc2ccccc12. The fourth-order valence-corrected chi connectivity index (χ4v) is 2.72. The van der Waals surface area contributed by atoms with Gasteiger partial charge in [0.1, 0.15) is 0 Å². The smallest absolute Gasteiger partial charge is 0.229 e. The van der Waals surface area contributed by atoms with Gasteiger partial charge in [-0.3, -0.25) is 4.79 Å². The fraction of sp³-hybridized carbons (Fsp3) is 0.312. The lowest BCUT2D eigenvalue weighted by molar-refractivity contribution is -0.120. The predicted molar refractivity (Wildman–Crippen MR) is 78.1 cm³/mol. The van der Waals surface area contributed by atoms with Crippen LogP contribution in [0.1, 0.15) is 6.92 Å². The highest BCUT2D eigenvalue weighted by molar-refractivity contribution is 6.03. The molecule has 3 rings (SSSR count). The molecule has 0 aromatic heterocycles. The molecule has 2 unspecified atom stereocenters. The molecule has 2 aromatic rings. The summed E-state index contributed by atoms with van der Waals surface area (Å²) >= 11 is 0. The van der Waals surface area contributed by atoms with Gasteiger partial charge < -0.3 is 10.6 Å². The molecule has 1 aliphatic rings. The zero-order chi connectivity index (χ0) is 13.2. The number of hydrogen-bond donors (Lipinski definition) is 2. The lowest BCUT2D eigenvalue weighted by Gasteiger charge is -2.15. The molecule has 0 aliphatic carbocycles. The largest absolute Gasteiger partial charge is 0.325 e. The molecule has 2 atom stereocenters. The van der Waals surface area contributed by atoms with E-state index in [0.29, 0.717) is 5.92 Å². The zero-order valence-electron chi connectivity index (χ0n) is 11.0. The van der Waals surface area contributed by atoms with Gasteiger partial charge in [-0.15, -0.1) is 0 Å². The summed E-state index contributed by atoms with van der Waals surface area (Å²) in [5, 5.41) is 8.59. The maximum absolute atomic E-state index is 12.3. The van der Waals surface area contributed by atoms with Crippen LogP contribution in [-0.2, 0) is 4.79 Å². The van der Waals surface area contributed by atoms with Crippen molar-refractivity contribution in [1.29, 1.82) is 0 Å². The van der Waals surface area contributed by atoms with E-state index >= 15 is 0 Å². The van der Waals surface area contributed by atoms with Gasteiger partial charge >= 0.3 is 0 Å². The van der Waals surface area contributed by atoms with Gasteiger partial charge in [-0.05, 0) is 23.9 Å².